The Kier molecular flexibility index (Phi) is 6.65. The van der Waals surface area contributed by atoms with E-state index in [0.717, 1.165) is 45.3 Å². The number of rotatable bonds is 6. The Morgan fingerprint density at radius 1 is 1.39 bits per heavy atom. The summed E-state index contributed by atoms with van der Waals surface area (Å²) in [7, 11) is 4.11. The number of amides is 1. The molecule has 1 atom stereocenters. The molecule has 1 saturated heterocycles. The first kappa shape index (κ1) is 15.4. The predicted molar refractivity (Wildman–Crippen MR) is 75.4 cm³/mol. The van der Waals surface area contributed by atoms with Crippen molar-refractivity contribution in [2.24, 2.45) is 11.7 Å². The fourth-order valence-electron chi connectivity index (χ4n) is 2.56. The maximum atomic E-state index is 12.1. The molecule has 1 fully saturated rings. The van der Waals surface area contributed by atoms with Gasteiger partial charge >= 0.3 is 0 Å². The summed E-state index contributed by atoms with van der Waals surface area (Å²) in [6.45, 7) is 5.10. The second kappa shape index (κ2) is 7.74. The highest BCUT2D eigenvalue weighted by molar-refractivity contribution is 5.76. The summed E-state index contributed by atoms with van der Waals surface area (Å²) in [6, 6.07) is 0.443. The summed E-state index contributed by atoms with van der Waals surface area (Å²) in [4.78, 5) is 16.4. The number of hydrogen-bond acceptors (Lipinski definition) is 3. The molecule has 106 valence electrons. The Balaban J connectivity index is 2.28. The molecule has 0 spiro atoms. The molecule has 1 aliphatic rings. The minimum absolute atomic E-state index is 0.299. The topological polar surface area (TPSA) is 49.6 Å². The highest BCUT2D eigenvalue weighted by Gasteiger charge is 2.23. The normalized spacial score (nSPS) is 19.8. The van der Waals surface area contributed by atoms with Crippen molar-refractivity contribution in [3.8, 4) is 0 Å². The molecule has 0 radical (unpaired) electrons. The highest BCUT2D eigenvalue weighted by atomic mass is 16.2. The van der Waals surface area contributed by atoms with Crippen LogP contribution >= 0.6 is 0 Å². The lowest BCUT2D eigenvalue weighted by Gasteiger charge is -2.35. The zero-order valence-corrected chi connectivity index (χ0v) is 12.2. The van der Waals surface area contributed by atoms with Crippen LogP contribution in [0.1, 0.15) is 39.0 Å². The van der Waals surface area contributed by atoms with E-state index in [1.54, 1.807) is 0 Å². The van der Waals surface area contributed by atoms with E-state index in [-0.39, 0.29) is 0 Å². The van der Waals surface area contributed by atoms with Crippen LogP contribution in [-0.2, 0) is 4.79 Å². The third kappa shape index (κ3) is 4.94. The van der Waals surface area contributed by atoms with Gasteiger partial charge in [-0.3, -0.25) is 4.79 Å². The number of carbonyl (C=O) groups is 1. The summed E-state index contributed by atoms with van der Waals surface area (Å²) in [6.07, 6.45) is 4.87. The zero-order chi connectivity index (χ0) is 13.5. The molecule has 2 N–H and O–H groups in total. The van der Waals surface area contributed by atoms with E-state index in [1.165, 1.54) is 0 Å². The van der Waals surface area contributed by atoms with Crippen LogP contribution in [0, 0.1) is 5.92 Å². The van der Waals surface area contributed by atoms with Gasteiger partial charge in [0.15, 0.2) is 0 Å². The average molecular weight is 255 g/mol. The lowest BCUT2D eigenvalue weighted by Crippen LogP contribution is -2.44. The molecule has 0 aliphatic carbocycles. The van der Waals surface area contributed by atoms with Crippen molar-refractivity contribution >= 4 is 5.91 Å². The maximum Gasteiger partial charge on any atom is 0.222 e. The quantitative estimate of drug-likeness (QED) is 0.778. The molecule has 0 aromatic heterocycles. The van der Waals surface area contributed by atoms with Crippen LogP contribution in [0.2, 0.25) is 0 Å². The SMILES string of the molecule is CC(CCN)CCC(=O)N(C)C1CCN(C)CC1. The molecule has 0 bridgehead atoms. The van der Waals surface area contributed by atoms with Gasteiger partial charge in [0.2, 0.25) is 5.91 Å². The molecule has 1 aliphatic heterocycles. The van der Waals surface area contributed by atoms with Crippen molar-refractivity contribution in [2.75, 3.05) is 33.7 Å². The number of nitrogens with zero attached hydrogens (tertiary/aromatic N) is 2. The van der Waals surface area contributed by atoms with Gasteiger partial charge in [0.05, 0.1) is 0 Å². The molecule has 4 nitrogen and oxygen atoms in total. The number of hydrogen-bond donors (Lipinski definition) is 1. The fraction of sp³-hybridized carbons (Fsp3) is 0.929. The molecular weight excluding hydrogens is 226 g/mol. The van der Waals surface area contributed by atoms with Gasteiger partial charge in [-0.15, -0.1) is 0 Å². The molecular formula is C14H29N3O. The second-order valence-electron chi connectivity index (χ2n) is 5.76. The Morgan fingerprint density at radius 3 is 2.56 bits per heavy atom. The lowest BCUT2D eigenvalue weighted by molar-refractivity contribution is -0.133. The summed E-state index contributed by atoms with van der Waals surface area (Å²) < 4.78 is 0. The van der Waals surface area contributed by atoms with Crippen molar-refractivity contribution in [2.45, 2.75) is 45.1 Å². The van der Waals surface area contributed by atoms with E-state index in [1.807, 2.05) is 11.9 Å². The average Bonchev–Trinajstić information content (AvgIpc) is 2.36. The van der Waals surface area contributed by atoms with Crippen LogP contribution < -0.4 is 5.73 Å². The number of piperidine rings is 1. The van der Waals surface area contributed by atoms with Crippen molar-refractivity contribution < 1.29 is 4.79 Å². The molecule has 1 heterocycles. The predicted octanol–water partition coefficient (Wildman–Crippen LogP) is 1.30. The van der Waals surface area contributed by atoms with Crippen molar-refractivity contribution in [1.29, 1.82) is 0 Å². The monoisotopic (exact) mass is 255 g/mol. The first-order valence-electron chi connectivity index (χ1n) is 7.18. The second-order valence-corrected chi connectivity index (χ2v) is 5.76. The lowest BCUT2D eigenvalue weighted by atomic mass is 10.00. The van der Waals surface area contributed by atoms with E-state index >= 15 is 0 Å². The van der Waals surface area contributed by atoms with E-state index in [4.69, 9.17) is 5.73 Å². The minimum Gasteiger partial charge on any atom is -0.343 e. The van der Waals surface area contributed by atoms with Gasteiger partial charge in [-0.05, 0) is 58.3 Å². The van der Waals surface area contributed by atoms with Crippen LogP contribution in [0.15, 0.2) is 0 Å². The van der Waals surface area contributed by atoms with Crippen LogP contribution in [0.25, 0.3) is 0 Å². The Bertz CT molecular complexity index is 249. The van der Waals surface area contributed by atoms with Gasteiger partial charge in [-0.2, -0.15) is 0 Å². The molecule has 0 saturated carbocycles. The van der Waals surface area contributed by atoms with Gasteiger partial charge in [-0.1, -0.05) is 6.92 Å². The maximum absolute atomic E-state index is 12.1. The smallest absolute Gasteiger partial charge is 0.222 e. The van der Waals surface area contributed by atoms with E-state index in [0.29, 0.717) is 24.3 Å². The first-order chi connectivity index (χ1) is 8.54. The Morgan fingerprint density at radius 2 is 2.00 bits per heavy atom. The molecule has 18 heavy (non-hydrogen) atoms. The van der Waals surface area contributed by atoms with Gasteiger partial charge in [0, 0.05) is 19.5 Å². The Labute approximate surface area is 111 Å². The summed E-state index contributed by atoms with van der Waals surface area (Å²) >= 11 is 0. The molecule has 1 amide bonds. The molecule has 1 rings (SSSR count). The van der Waals surface area contributed by atoms with Gasteiger partial charge in [0.1, 0.15) is 0 Å². The van der Waals surface area contributed by atoms with Crippen molar-refractivity contribution in [1.82, 2.24) is 9.80 Å². The molecule has 1 unspecified atom stereocenters. The van der Waals surface area contributed by atoms with Crippen LogP contribution in [0.4, 0.5) is 0 Å². The first-order valence-corrected chi connectivity index (χ1v) is 7.18. The summed E-state index contributed by atoms with van der Waals surface area (Å²) in [5.41, 5.74) is 5.53. The number of nitrogens with two attached hydrogens (primary N) is 1. The third-order valence-electron chi connectivity index (χ3n) is 4.14. The number of likely N-dealkylation sites (tertiary alicyclic amines) is 1. The molecule has 0 aromatic rings. The Hall–Kier alpha value is -0.610. The van der Waals surface area contributed by atoms with Gasteiger partial charge < -0.3 is 15.5 Å². The zero-order valence-electron chi connectivity index (χ0n) is 12.2. The third-order valence-corrected chi connectivity index (χ3v) is 4.14. The van der Waals surface area contributed by atoms with E-state index in [2.05, 4.69) is 18.9 Å². The van der Waals surface area contributed by atoms with E-state index in [9.17, 15) is 4.79 Å². The molecule has 0 aromatic carbocycles. The summed E-state index contributed by atoms with van der Waals surface area (Å²) in [5.74, 6) is 0.860. The van der Waals surface area contributed by atoms with Crippen LogP contribution in [0.3, 0.4) is 0 Å². The number of carbonyl (C=O) groups excluding carboxylic acids is 1. The highest BCUT2D eigenvalue weighted by Crippen LogP contribution is 2.17. The minimum atomic E-state index is 0.299. The largest absolute Gasteiger partial charge is 0.343 e. The van der Waals surface area contributed by atoms with Crippen LogP contribution in [-0.4, -0.2) is 55.5 Å². The van der Waals surface area contributed by atoms with Crippen molar-refractivity contribution in [3.63, 3.8) is 0 Å². The van der Waals surface area contributed by atoms with E-state index < -0.39 is 0 Å². The standard InChI is InChI=1S/C14H29N3O/c1-12(6-9-15)4-5-14(18)17(3)13-7-10-16(2)11-8-13/h12-13H,4-11,15H2,1-3H3. The fourth-order valence-corrected chi connectivity index (χ4v) is 2.56. The molecule has 4 heteroatoms. The van der Waals surface area contributed by atoms with Gasteiger partial charge in [0.25, 0.3) is 0 Å². The van der Waals surface area contributed by atoms with Crippen molar-refractivity contribution in [3.05, 3.63) is 0 Å². The van der Waals surface area contributed by atoms with Gasteiger partial charge in [-0.25, -0.2) is 0 Å². The van der Waals surface area contributed by atoms with Crippen LogP contribution in [0.5, 0.6) is 0 Å². The summed E-state index contributed by atoms with van der Waals surface area (Å²) in [5, 5.41) is 0.